The van der Waals surface area contributed by atoms with Crippen LogP contribution < -0.4 is 5.32 Å². The lowest BCUT2D eigenvalue weighted by molar-refractivity contribution is -0.106. The Hall–Kier alpha value is 0.570. The van der Waals surface area contributed by atoms with Gasteiger partial charge in [-0.05, 0) is 67.3 Å². The van der Waals surface area contributed by atoms with Crippen molar-refractivity contribution in [2.75, 3.05) is 30.6 Å². The number of hydrogen-bond acceptors (Lipinski definition) is 4. The van der Waals surface area contributed by atoms with Crippen molar-refractivity contribution in [3.63, 3.8) is 0 Å². The number of halogens is 1. The van der Waals surface area contributed by atoms with Crippen LogP contribution in [0.1, 0.15) is 124 Å². The lowest BCUT2D eigenvalue weighted by Crippen LogP contribution is -2.61. The summed E-state index contributed by atoms with van der Waals surface area (Å²) in [6, 6.07) is 0. The second-order valence-corrected chi connectivity index (χ2v) is 12.4. The van der Waals surface area contributed by atoms with Gasteiger partial charge in [0.25, 0.3) is 0 Å². The molecule has 1 aliphatic carbocycles. The van der Waals surface area contributed by atoms with Gasteiger partial charge in [-0.25, -0.2) is 0 Å². The molecule has 0 amide bonds. The molecule has 0 aromatic carbocycles. The molecule has 1 heterocycles. The van der Waals surface area contributed by atoms with Gasteiger partial charge in [0.05, 0.1) is 5.60 Å². The monoisotopic (exact) mass is 594 g/mol. The van der Waals surface area contributed by atoms with Crippen LogP contribution in [0.3, 0.4) is 0 Å². The molecule has 0 aromatic heterocycles. The fourth-order valence-electron chi connectivity index (χ4n) is 5.93. The zero-order valence-electron chi connectivity index (χ0n) is 23.2. The topological polar surface area (TPSA) is 55.7 Å². The van der Waals surface area contributed by atoms with E-state index in [0.29, 0.717) is 11.8 Å². The first-order valence-corrected chi connectivity index (χ1v) is 16.4. The summed E-state index contributed by atoms with van der Waals surface area (Å²) in [5.74, 6) is 2.02. The van der Waals surface area contributed by atoms with E-state index in [-0.39, 0.29) is 6.23 Å². The second kappa shape index (κ2) is 19.7. The number of β-amino-alcohol motifs (C(OH)–C–C–N with tert-alkyl or cyclic N) is 1. The van der Waals surface area contributed by atoms with Crippen molar-refractivity contribution in [2.24, 2.45) is 17.8 Å². The van der Waals surface area contributed by atoms with E-state index in [0.717, 1.165) is 57.8 Å². The molecule has 2 aliphatic rings. The average Bonchev–Trinajstić information content (AvgIpc) is 2.81. The fraction of sp³-hybridized carbons (Fsp3) is 1.00. The molecule has 1 saturated carbocycles. The van der Waals surface area contributed by atoms with E-state index in [1.807, 2.05) is 0 Å². The van der Waals surface area contributed by atoms with Gasteiger partial charge in [0.15, 0.2) is 0 Å². The molecule has 0 spiro atoms. The number of aliphatic hydroxyl groups excluding tert-OH is 1. The van der Waals surface area contributed by atoms with Gasteiger partial charge >= 0.3 is 0 Å². The number of rotatable bonds is 17. The van der Waals surface area contributed by atoms with E-state index < -0.39 is 5.60 Å². The molecule has 2 fully saturated rings. The summed E-state index contributed by atoms with van der Waals surface area (Å²) in [6.07, 6.45) is 18.0. The molecule has 34 heavy (non-hydrogen) atoms. The van der Waals surface area contributed by atoms with E-state index >= 15 is 0 Å². The molecule has 3 unspecified atom stereocenters. The van der Waals surface area contributed by atoms with E-state index in [9.17, 15) is 10.2 Å². The smallest absolute Gasteiger partial charge is 0.105 e. The minimum Gasteiger partial charge on any atom is -0.387 e. The maximum absolute atomic E-state index is 10.8. The normalized spacial score (nSPS) is 21.3. The number of hydrogen-bond donors (Lipinski definition) is 3. The Morgan fingerprint density at radius 3 is 2.24 bits per heavy atom. The molecule has 3 N–H and O–H groups in total. The second-order valence-electron chi connectivity index (χ2n) is 11.3. The highest BCUT2D eigenvalue weighted by molar-refractivity contribution is 14.1. The maximum Gasteiger partial charge on any atom is 0.105 e. The minimum absolute atomic E-state index is 0.371. The Morgan fingerprint density at radius 2 is 1.65 bits per heavy atom. The predicted molar refractivity (Wildman–Crippen MR) is 157 cm³/mol. The number of nitrogens with zero attached hydrogens (tertiary/aromatic N) is 1. The van der Waals surface area contributed by atoms with E-state index in [1.54, 1.807) is 0 Å². The van der Waals surface area contributed by atoms with Crippen molar-refractivity contribution in [2.45, 2.75) is 136 Å². The number of alkyl halides is 1. The quantitative estimate of drug-likeness (QED) is 0.0725. The molecule has 1 aliphatic heterocycles. The summed E-state index contributed by atoms with van der Waals surface area (Å²) < 4.78 is 1.22. The third kappa shape index (κ3) is 13.8. The first-order chi connectivity index (χ1) is 16.4. The Balaban J connectivity index is 0.00000182. The van der Waals surface area contributed by atoms with Crippen molar-refractivity contribution in [3.05, 3.63) is 0 Å². The Labute approximate surface area is 226 Å². The Kier molecular flexibility index (Phi) is 18.8. The average molecular weight is 595 g/mol. The summed E-state index contributed by atoms with van der Waals surface area (Å²) >= 11 is 2.44. The largest absolute Gasteiger partial charge is 0.387 e. The van der Waals surface area contributed by atoms with Crippen molar-refractivity contribution in [1.82, 2.24) is 10.2 Å². The van der Waals surface area contributed by atoms with Gasteiger partial charge in [-0.15, -0.1) is 0 Å². The number of aliphatic hydroxyl groups is 2. The van der Waals surface area contributed by atoms with Crippen LogP contribution in [0.4, 0.5) is 0 Å². The summed E-state index contributed by atoms with van der Waals surface area (Å²) in [7, 11) is 0. The Morgan fingerprint density at radius 1 is 0.971 bits per heavy atom. The van der Waals surface area contributed by atoms with Gasteiger partial charge in [-0.3, -0.25) is 10.2 Å². The molecule has 4 nitrogen and oxygen atoms in total. The van der Waals surface area contributed by atoms with Crippen LogP contribution >= 0.6 is 22.6 Å². The first-order valence-electron chi connectivity index (χ1n) is 14.8. The third-order valence-electron chi connectivity index (χ3n) is 7.87. The number of nitrogens with one attached hydrogen (secondary N) is 1. The molecular formula is C29H59IN2O2. The molecule has 0 bridgehead atoms. The van der Waals surface area contributed by atoms with Crippen LogP contribution in [0, 0.1) is 17.8 Å². The fourth-order valence-corrected chi connectivity index (χ4v) is 6.47. The van der Waals surface area contributed by atoms with Crippen LogP contribution in [0.25, 0.3) is 0 Å². The highest BCUT2D eigenvalue weighted by Gasteiger charge is 2.40. The van der Waals surface area contributed by atoms with Gasteiger partial charge in [0, 0.05) is 19.6 Å². The van der Waals surface area contributed by atoms with E-state index in [1.165, 1.54) is 75.1 Å². The van der Waals surface area contributed by atoms with Gasteiger partial charge < -0.3 is 10.2 Å². The zero-order chi connectivity index (χ0) is 25.2. The summed E-state index contributed by atoms with van der Waals surface area (Å²) in [5.41, 5.74) is -0.435. The Bertz CT molecular complexity index is 467. The van der Waals surface area contributed by atoms with Crippen molar-refractivity contribution < 1.29 is 10.2 Å². The molecule has 0 aromatic rings. The van der Waals surface area contributed by atoms with Gasteiger partial charge in [-0.2, -0.15) is 0 Å². The standard InChI is InChI=1S/C26H51IN2O2.C3H8/c1-3-11-23(4-2)24(18-25(30)28-19-22-12-7-5-8-13-22)14-17-29-20-26(31,21-29)15-9-6-10-16-27;1-3-2/h22-25,28,30-31H,3-21H2,1-2H3;3H2,1-2H3. The molecule has 1 saturated heterocycles. The zero-order valence-corrected chi connectivity index (χ0v) is 25.3. The van der Waals surface area contributed by atoms with E-state index in [4.69, 9.17) is 0 Å². The highest BCUT2D eigenvalue weighted by Crippen LogP contribution is 2.32. The highest BCUT2D eigenvalue weighted by atomic mass is 127. The van der Waals surface area contributed by atoms with Crippen molar-refractivity contribution >= 4 is 22.6 Å². The van der Waals surface area contributed by atoms with Crippen LogP contribution in [0.5, 0.6) is 0 Å². The molecule has 2 rings (SSSR count). The molecule has 204 valence electrons. The SMILES string of the molecule is CCC.CCCC(CC)C(CCN1CC(O)(CCCCCI)C1)CC(O)NCC1CCCCC1. The van der Waals surface area contributed by atoms with Crippen LogP contribution in [0.2, 0.25) is 0 Å². The first kappa shape index (κ1) is 32.6. The predicted octanol–water partition coefficient (Wildman–Crippen LogP) is 7.16. The van der Waals surface area contributed by atoms with Gasteiger partial charge in [0.2, 0.25) is 0 Å². The summed E-state index contributed by atoms with van der Waals surface area (Å²) in [5, 5.41) is 25.0. The molecule has 5 heteroatoms. The summed E-state index contributed by atoms with van der Waals surface area (Å²) in [6.45, 7) is 12.6. The molecular weight excluding hydrogens is 535 g/mol. The maximum atomic E-state index is 10.8. The van der Waals surface area contributed by atoms with Gasteiger partial charge in [-0.1, -0.05) is 108 Å². The number of likely N-dealkylation sites (tertiary alicyclic amines) is 1. The van der Waals surface area contributed by atoms with Crippen LogP contribution in [0.15, 0.2) is 0 Å². The molecule has 0 radical (unpaired) electrons. The lowest BCUT2D eigenvalue weighted by Gasteiger charge is -2.47. The van der Waals surface area contributed by atoms with Crippen LogP contribution in [-0.4, -0.2) is 57.5 Å². The number of unbranched alkanes of at least 4 members (excludes halogenated alkanes) is 2. The lowest BCUT2D eigenvalue weighted by atomic mass is 9.80. The van der Waals surface area contributed by atoms with Crippen molar-refractivity contribution in [1.29, 1.82) is 0 Å². The van der Waals surface area contributed by atoms with Gasteiger partial charge in [0.1, 0.15) is 6.23 Å². The van der Waals surface area contributed by atoms with Crippen LogP contribution in [-0.2, 0) is 0 Å². The van der Waals surface area contributed by atoms with Crippen molar-refractivity contribution in [3.8, 4) is 0 Å². The summed E-state index contributed by atoms with van der Waals surface area (Å²) in [4.78, 5) is 2.44. The molecule has 3 atom stereocenters. The third-order valence-corrected chi connectivity index (χ3v) is 8.63. The minimum atomic E-state index is -0.435. The van der Waals surface area contributed by atoms with E-state index in [2.05, 4.69) is 60.5 Å².